The molecule has 2 aromatic carbocycles. The summed E-state index contributed by atoms with van der Waals surface area (Å²) < 4.78 is 41.3. The van der Waals surface area contributed by atoms with Crippen molar-refractivity contribution >= 4 is 28.4 Å². The lowest BCUT2D eigenvalue weighted by Gasteiger charge is -2.16. The molecule has 0 aliphatic rings. The molecule has 0 aliphatic carbocycles. The van der Waals surface area contributed by atoms with E-state index < -0.39 is 23.2 Å². The summed E-state index contributed by atoms with van der Waals surface area (Å²) in [6.07, 6.45) is -3.82. The number of carbonyl (C=O) groups excluding carboxylic acids is 2. The van der Waals surface area contributed by atoms with Crippen LogP contribution in [0.25, 0.3) is 10.9 Å². The molecule has 1 aromatic heterocycles. The van der Waals surface area contributed by atoms with Crippen LogP contribution in [0.3, 0.4) is 0 Å². The van der Waals surface area contributed by atoms with Crippen LogP contribution in [0.15, 0.2) is 48.7 Å². The molecular formula is C21H18F3N3O2. The van der Waals surface area contributed by atoms with Crippen LogP contribution < -0.4 is 10.6 Å². The van der Waals surface area contributed by atoms with E-state index in [-0.39, 0.29) is 22.5 Å². The number of aryl methyl sites for hydroxylation is 1. The van der Waals surface area contributed by atoms with Crippen molar-refractivity contribution in [2.24, 2.45) is 0 Å². The van der Waals surface area contributed by atoms with Gasteiger partial charge < -0.3 is 10.6 Å². The minimum atomic E-state index is -4.74. The van der Waals surface area contributed by atoms with Gasteiger partial charge in [-0.15, -0.1) is 0 Å². The predicted molar refractivity (Wildman–Crippen MR) is 104 cm³/mol. The first-order chi connectivity index (χ1) is 13.7. The second-order valence-corrected chi connectivity index (χ2v) is 6.41. The van der Waals surface area contributed by atoms with Crippen LogP contribution in [-0.4, -0.2) is 23.3 Å². The highest BCUT2D eigenvalue weighted by Gasteiger charge is 2.37. The molecule has 29 heavy (non-hydrogen) atoms. The zero-order valence-electron chi connectivity index (χ0n) is 15.7. The van der Waals surface area contributed by atoms with Gasteiger partial charge >= 0.3 is 6.18 Å². The van der Waals surface area contributed by atoms with Gasteiger partial charge in [-0.2, -0.15) is 13.2 Å². The molecule has 2 N–H and O–H groups in total. The first-order valence-electron chi connectivity index (χ1n) is 8.87. The Labute approximate surface area is 164 Å². The van der Waals surface area contributed by atoms with Gasteiger partial charge in [-0.1, -0.05) is 24.3 Å². The van der Waals surface area contributed by atoms with E-state index in [1.807, 2.05) is 0 Å². The molecule has 0 unspecified atom stereocenters. The predicted octanol–water partition coefficient (Wildman–Crippen LogP) is 4.56. The van der Waals surface area contributed by atoms with Gasteiger partial charge in [0.05, 0.1) is 16.6 Å². The fourth-order valence-electron chi connectivity index (χ4n) is 2.97. The van der Waals surface area contributed by atoms with Gasteiger partial charge in [0.15, 0.2) is 0 Å². The zero-order valence-corrected chi connectivity index (χ0v) is 15.7. The van der Waals surface area contributed by atoms with E-state index >= 15 is 0 Å². The van der Waals surface area contributed by atoms with Crippen molar-refractivity contribution < 1.29 is 22.8 Å². The number of anilines is 1. The molecule has 0 aliphatic heterocycles. The Morgan fingerprint density at radius 3 is 2.48 bits per heavy atom. The van der Waals surface area contributed by atoms with E-state index in [0.717, 1.165) is 6.20 Å². The van der Waals surface area contributed by atoms with Gasteiger partial charge in [0, 0.05) is 29.4 Å². The third kappa shape index (κ3) is 4.21. The summed E-state index contributed by atoms with van der Waals surface area (Å²) in [5.41, 5.74) is -0.336. The quantitative estimate of drug-likeness (QED) is 0.673. The largest absolute Gasteiger partial charge is 0.417 e. The average Bonchev–Trinajstić information content (AvgIpc) is 2.68. The van der Waals surface area contributed by atoms with Crippen molar-refractivity contribution in [1.29, 1.82) is 0 Å². The molecule has 0 bridgehead atoms. The van der Waals surface area contributed by atoms with Gasteiger partial charge in [-0.3, -0.25) is 14.6 Å². The minimum absolute atomic E-state index is 0.144. The van der Waals surface area contributed by atoms with Crippen LogP contribution in [0, 0.1) is 6.92 Å². The first kappa shape index (κ1) is 20.3. The summed E-state index contributed by atoms with van der Waals surface area (Å²) in [7, 11) is 0. The number of halogens is 3. The second kappa shape index (κ2) is 7.90. The van der Waals surface area contributed by atoms with E-state index in [2.05, 4.69) is 15.6 Å². The van der Waals surface area contributed by atoms with E-state index in [9.17, 15) is 22.8 Å². The number of carbonyl (C=O) groups is 2. The molecule has 3 aromatic rings. The standard InChI is InChI=1S/C21H18F3N3O2/c1-3-25-19(28)13-9-8-12(2)17(10-13)27-20(29)15-11-26-16-7-5-4-6-14(16)18(15)21(22,23)24/h4-11H,3H2,1-2H3,(H,25,28)(H,27,29). The number of nitrogens with one attached hydrogen (secondary N) is 2. The zero-order chi connectivity index (χ0) is 21.2. The number of hydrogen-bond acceptors (Lipinski definition) is 3. The van der Waals surface area contributed by atoms with E-state index in [4.69, 9.17) is 0 Å². The van der Waals surface area contributed by atoms with Crippen molar-refractivity contribution in [1.82, 2.24) is 10.3 Å². The average molecular weight is 401 g/mol. The number of fused-ring (bicyclic) bond motifs is 1. The molecule has 8 heteroatoms. The van der Waals surface area contributed by atoms with Crippen molar-refractivity contribution in [3.63, 3.8) is 0 Å². The lowest BCUT2D eigenvalue weighted by atomic mass is 10.0. The second-order valence-electron chi connectivity index (χ2n) is 6.41. The maximum atomic E-state index is 13.8. The molecular weight excluding hydrogens is 383 g/mol. The smallest absolute Gasteiger partial charge is 0.352 e. The number of aromatic nitrogens is 1. The van der Waals surface area contributed by atoms with Crippen molar-refractivity contribution in [2.75, 3.05) is 11.9 Å². The fraction of sp³-hybridized carbons (Fsp3) is 0.190. The van der Waals surface area contributed by atoms with Crippen LogP contribution in [0.5, 0.6) is 0 Å². The van der Waals surface area contributed by atoms with E-state index in [0.29, 0.717) is 17.7 Å². The Kier molecular flexibility index (Phi) is 5.54. The summed E-state index contributed by atoms with van der Waals surface area (Å²) >= 11 is 0. The highest BCUT2D eigenvalue weighted by atomic mass is 19.4. The van der Waals surface area contributed by atoms with Gasteiger partial charge in [-0.25, -0.2) is 0 Å². The van der Waals surface area contributed by atoms with Crippen molar-refractivity contribution in [3.05, 3.63) is 70.9 Å². The number of para-hydroxylation sites is 1. The van der Waals surface area contributed by atoms with Crippen LogP contribution in [-0.2, 0) is 6.18 Å². The Balaban J connectivity index is 2.03. The monoisotopic (exact) mass is 401 g/mol. The van der Waals surface area contributed by atoms with Crippen LogP contribution in [0.1, 0.15) is 38.8 Å². The third-order valence-corrected chi connectivity index (χ3v) is 4.39. The summed E-state index contributed by atoms with van der Waals surface area (Å²) in [4.78, 5) is 28.7. The maximum absolute atomic E-state index is 13.8. The number of amides is 2. The topological polar surface area (TPSA) is 71.1 Å². The number of alkyl halides is 3. The Bertz CT molecular complexity index is 1090. The van der Waals surface area contributed by atoms with Crippen LogP contribution in [0.2, 0.25) is 0 Å². The molecule has 1 heterocycles. The number of nitrogens with zero attached hydrogens (tertiary/aromatic N) is 1. The minimum Gasteiger partial charge on any atom is -0.352 e. The molecule has 0 radical (unpaired) electrons. The molecule has 5 nitrogen and oxygen atoms in total. The van der Waals surface area contributed by atoms with E-state index in [1.165, 1.54) is 24.3 Å². The highest BCUT2D eigenvalue weighted by molar-refractivity contribution is 6.08. The molecule has 3 rings (SSSR count). The summed E-state index contributed by atoms with van der Waals surface area (Å²) in [6, 6.07) is 10.4. The molecule has 150 valence electrons. The van der Waals surface area contributed by atoms with Crippen molar-refractivity contribution in [2.45, 2.75) is 20.0 Å². The van der Waals surface area contributed by atoms with Crippen LogP contribution in [0.4, 0.5) is 18.9 Å². The fourth-order valence-corrected chi connectivity index (χ4v) is 2.97. The summed E-state index contributed by atoms with van der Waals surface area (Å²) in [5.74, 6) is -1.29. The van der Waals surface area contributed by atoms with Crippen molar-refractivity contribution in [3.8, 4) is 0 Å². The maximum Gasteiger partial charge on any atom is 0.417 e. The van der Waals surface area contributed by atoms with Gasteiger partial charge in [-0.05, 0) is 37.6 Å². The third-order valence-electron chi connectivity index (χ3n) is 4.39. The number of pyridine rings is 1. The Hall–Kier alpha value is -3.42. The molecule has 0 saturated carbocycles. The molecule has 0 fully saturated rings. The number of hydrogen-bond donors (Lipinski definition) is 2. The normalized spacial score (nSPS) is 11.3. The lowest BCUT2D eigenvalue weighted by molar-refractivity contribution is -0.136. The first-order valence-corrected chi connectivity index (χ1v) is 8.87. The molecule has 0 saturated heterocycles. The van der Waals surface area contributed by atoms with Gasteiger partial charge in [0.25, 0.3) is 11.8 Å². The van der Waals surface area contributed by atoms with Gasteiger partial charge in [0.1, 0.15) is 0 Å². The summed E-state index contributed by atoms with van der Waals surface area (Å²) in [6.45, 7) is 3.87. The number of benzene rings is 2. The van der Waals surface area contributed by atoms with Crippen LogP contribution >= 0.6 is 0 Å². The van der Waals surface area contributed by atoms with Gasteiger partial charge in [0.2, 0.25) is 0 Å². The molecule has 2 amide bonds. The molecule has 0 atom stereocenters. The molecule has 0 spiro atoms. The number of rotatable bonds is 4. The lowest BCUT2D eigenvalue weighted by Crippen LogP contribution is -2.23. The Morgan fingerprint density at radius 2 is 1.79 bits per heavy atom. The Morgan fingerprint density at radius 1 is 1.07 bits per heavy atom. The SMILES string of the molecule is CCNC(=O)c1ccc(C)c(NC(=O)c2cnc3ccccc3c2C(F)(F)F)c1. The highest BCUT2D eigenvalue weighted by Crippen LogP contribution is 2.37. The van der Waals surface area contributed by atoms with E-state index in [1.54, 1.807) is 32.0 Å². The summed E-state index contributed by atoms with van der Waals surface area (Å²) in [5, 5.41) is 4.96.